The molecule has 0 spiro atoms. The number of carbonyl (C=O) groups excluding carboxylic acids is 3. The third-order valence-electron chi connectivity index (χ3n) is 5.92. The first-order chi connectivity index (χ1) is 20.5. The van der Waals surface area contributed by atoms with Gasteiger partial charge in [0.1, 0.15) is 28.9 Å². The van der Waals surface area contributed by atoms with Gasteiger partial charge in [-0.05, 0) is 61.7 Å². The number of rotatable bonds is 12. The summed E-state index contributed by atoms with van der Waals surface area (Å²) >= 11 is 0. The first-order valence-electron chi connectivity index (χ1n) is 13.8. The van der Waals surface area contributed by atoms with Crippen molar-refractivity contribution in [2.24, 2.45) is 0 Å². The molecule has 0 fully saturated rings. The van der Waals surface area contributed by atoms with E-state index in [4.69, 9.17) is 18.9 Å². The molecule has 0 saturated carbocycles. The van der Waals surface area contributed by atoms with Gasteiger partial charge in [0, 0.05) is 25.6 Å². The average molecular weight is 590 g/mol. The van der Waals surface area contributed by atoms with Crippen molar-refractivity contribution in [3.8, 4) is 17.2 Å². The first-order valence-corrected chi connectivity index (χ1v) is 13.8. The smallest absolute Gasteiger partial charge is 0.412 e. The molecule has 0 aliphatic carbocycles. The molecule has 1 atom stereocenters. The maximum atomic E-state index is 12.9. The number of carbonyl (C=O) groups is 3. The van der Waals surface area contributed by atoms with E-state index in [1.54, 1.807) is 53.2 Å². The highest BCUT2D eigenvalue weighted by Gasteiger charge is 2.24. The van der Waals surface area contributed by atoms with E-state index in [2.05, 4.69) is 16.0 Å². The van der Waals surface area contributed by atoms with E-state index >= 15 is 0 Å². The molecule has 10 heteroatoms. The quantitative estimate of drug-likeness (QED) is 0.196. The number of ether oxygens (including phenoxy) is 4. The molecule has 0 aliphatic heterocycles. The van der Waals surface area contributed by atoms with Gasteiger partial charge in [-0.15, -0.1) is 0 Å². The fourth-order valence-electron chi connectivity index (χ4n) is 3.89. The molecule has 3 rings (SSSR count). The number of alkyl carbamates (subject to hydrolysis) is 1. The van der Waals surface area contributed by atoms with Crippen molar-refractivity contribution in [2.75, 3.05) is 27.3 Å². The molecule has 0 heterocycles. The zero-order chi connectivity index (χ0) is 31.2. The van der Waals surface area contributed by atoms with Crippen LogP contribution < -0.4 is 30.2 Å². The van der Waals surface area contributed by atoms with Crippen LogP contribution in [0.1, 0.15) is 37.5 Å². The van der Waals surface area contributed by atoms with Gasteiger partial charge in [0.15, 0.2) is 0 Å². The summed E-state index contributed by atoms with van der Waals surface area (Å²) in [5, 5.41) is 7.98. The zero-order valence-corrected chi connectivity index (χ0v) is 25.1. The molecule has 228 valence electrons. The van der Waals surface area contributed by atoms with Crippen LogP contribution >= 0.6 is 0 Å². The summed E-state index contributed by atoms with van der Waals surface area (Å²) in [5.41, 5.74) is 1.99. The summed E-state index contributed by atoms with van der Waals surface area (Å²) in [7, 11) is 3.20. The van der Waals surface area contributed by atoms with Crippen LogP contribution in [0.4, 0.5) is 9.59 Å². The van der Waals surface area contributed by atoms with Crippen molar-refractivity contribution < 1.29 is 33.3 Å². The third-order valence-corrected chi connectivity index (χ3v) is 5.92. The molecular weight excluding hydrogens is 550 g/mol. The average Bonchev–Trinajstić information content (AvgIpc) is 2.98. The van der Waals surface area contributed by atoms with E-state index < -0.39 is 29.7 Å². The van der Waals surface area contributed by atoms with E-state index in [1.807, 2.05) is 66.7 Å². The van der Waals surface area contributed by atoms with Crippen LogP contribution in [-0.2, 0) is 16.0 Å². The molecule has 0 saturated heterocycles. The van der Waals surface area contributed by atoms with Gasteiger partial charge < -0.3 is 34.9 Å². The molecule has 1 unspecified atom stereocenters. The van der Waals surface area contributed by atoms with Crippen molar-refractivity contribution in [1.82, 2.24) is 16.0 Å². The van der Waals surface area contributed by atoms with Crippen LogP contribution in [0.2, 0.25) is 0 Å². The lowest BCUT2D eigenvalue weighted by molar-refractivity contribution is -0.123. The molecule has 0 aromatic heterocycles. The highest BCUT2D eigenvalue weighted by atomic mass is 16.6. The van der Waals surface area contributed by atoms with E-state index in [0.29, 0.717) is 17.2 Å². The Hall–Kier alpha value is -4.99. The molecule has 0 radical (unpaired) electrons. The molecule has 3 N–H and O–H groups in total. The first kappa shape index (κ1) is 32.5. The zero-order valence-electron chi connectivity index (χ0n) is 25.1. The summed E-state index contributed by atoms with van der Waals surface area (Å²) in [6.45, 7) is 5.50. The second kappa shape index (κ2) is 15.9. The highest BCUT2D eigenvalue weighted by Crippen LogP contribution is 2.24. The normalized spacial score (nSPS) is 11.7. The Morgan fingerprint density at radius 1 is 0.744 bits per heavy atom. The third kappa shape index (κ3) is 11.8. The fraction of sp³-hybridized carbons (Fsp3) is 0.303. The molecule has 0 aliphatic rings. The monoisotopic (exact) mass is 589 g/mol. The molecule has 3 amide bonds. The summed E-state index contributed by atoms with van der Waals surface area (Å²) in [6.07, 6.45) is 2.78. The Labute approximate surface area is 252 Å². The van der Waals surface area contributed by atoms with Crippen LogP contribution in [0.3, 0.4) is 0 Å². The lowest BCUT2D eigenvalue weighted by Crippen LogP contribution is -2.50. The fourth-order valence-corrected chi connectivity index (χ4v) is 3.89. The highest BCUT2D eigenvalue weighted by molar-refractivity contribution is 5.86. The number of amides is 3. The molecule has 10 nitrogen and oxygen atoms in total. The predicted molar refractivity (Wildman–Crippen MR) is 165 cm³/mol. The Morgan fingerprint density at radius 2 is 1.35 bits per heavy atom. The van der Waals surface area contributed by atoms with Crippen molar-refractivity contribution >= 4 is 30.2 Å². The number of hydrogen-bond donors (Lipinski definition) is 3. The van der Waals surface area contributed by atoms with Gasteiger partial charge in [-0.3, -0.25) is 4.79 Å². The second-order valence-corrected chi connectivity index (χ2v) is 10.5. The lowest BCUT2D eigenvalue weighted by atomic mass is 10.1. The van der Waals surface area contributed by atoms with Crippen molar-refractivity contribution in [2.45, 2.75) is 38.8 Å². The van der Waals surface area contributed by atoms with Crippen LogP contribution in [0.25, 0.3) is 12.2 Å². The van der Waals surface area contributed by atoms with E-state index in [1.165, 1.54) is 0 Å². The second-order valence-electron chi connectivity index (χ2n) is 10.5. The van der Waals surface area contributed by atoms with Gasteiger partial charge in [0.05, 0.1) is 14.2 Å². The van der Waals surface area contributed by atoms with Crippen LogP contribution in [-0.4, -0.2) is 57.0 Å². The minimum Gasteiger partial charge on any atom is -0.497 e. The summed E-state index contributed by atoms with van der Waals surface area (Å²) in [6, 6.07) is 21.1. The summed E-state index contributed by atoms with van der Waals surface area (Å²) in [5.74, 6) is 1.35. The Morgan fingerprint density at radius 3 is 1.95 bits per heavy atom. The molecule has 3 aromatic rings. The maximum Gasteiger partial charge on any atom is 0.412 e. The summed E-state index contributed by atoms with van der Waals surface area (Å²) < 4.78 is 21.2. The maximum absolute atomic E-state index is 12.9. The summed E-state index contributed by atoms with van der Waals surface area (Å²) in [4.78, 5) is 37.5. The van der Waals surface area contributed by atoms with E-state index in [9.17, 15) is 14.4 Å². The van der Waals surface area contributed by atoms with Crippen LogP contribution in [0.5, 0.6) is 17.2 Å². The van der Waals surface area contributed by atoms with Gasteiger partial charge in [-0.1, -0.05) is 54.6 Å². The number of hydrogen-bond acceptors (Lipinski definition) is 7. The van der Waals surface area contributed by atoms with Gasteiger partial charge in [-0.2, -0.15) is 0 Å². The lowest BCUT2D eigenvalue weighted by Gasteiger charge is -2.23. The van der Waals surface area contributed by atoms with E-state index in [0.717, 1.165) is 16.7 Å². The van der Waals surface area contributed by atoms with Crippen molar-refractivity contribution in [3.05, 3.63) is 89.5 Å². The largest absolute Gasteiger partial charge is 0.497 e. The SMILES string of the molecule is COc1cc(C=Cc2ccc(OC(=O)NCCNC(=O)C(Cc3ccccc3)NC(=O)OC(C)(C)C)cc2)cc(OC)c1. The van der Waals surface area contributed by atoms with E-state index in [-0.39, 0.29) is 19.5 Å². The predicted octanol–water partition coefficient (Wildman–Crippen LogP) is 5.21. The minimum absolute atomic E-state index is 0.125. The topological polar surface area (TPSA) is 124 Å². The number of methoxy groups -OCH3 is 2. The number of benzene rings is 3. The van der Waals surface area contributed by atoms with Gasteiger partial charge in [0.2, 0.25) is 5.91 Å². The van der Waals surface area contributed by atoms with Gasteiger partial charge in [0.25, 0.3) is 0 Å². The Bertz CT molecular complexity index is 1360. The molecule has 0 bridgehead atoms. The van der Waals surface area contributed by atoms with Gasteiger partial charge >= 0.3 is 12.2 Å². The van der Waals surface area contributed by atoms with Crippen molar-refractivity contribution in [3.63, 3.8) is 0 Å². The Balaban J connectivity index is 1.46. The van der Waals surface area contributed by atoms with Crippen LogP contribution in [0.15, 0.2) is 72.8 Å². The van der Waals surface area contributed by atoms with Gasteiger partial charge in [-0.25, -0.2) is 9.59 Å². The molecule has 3 aromatic carbocycles. The molecule has 43 heavy (non-hydrogen) atoms. The number of nitrogens with one attached hydrogen (secondary N) is 3. The Kier molecular flexibility index (Phi) is 12.0. The van der Waals surface area contributed by atoms with Crippen LogP contribution in [0, 0.1) is 0 Å². The minimum atomic E-state index is -0.859. The van der Waals surface area contributed by atoms with Crippen molar-refractivity contribution in [1.29, 1.82) is 0 Å². The standard InChI is InChI=1S/C33H39N3O7/c1-33(2,3)43-32(39)36-29(21-24-9-7-6-8-10-24)30(37)34-17-18-35-31(38)42-26-15-13-23(14-16-26)11-12-25-19-27(40-4)22-28(20-25)41-5/h6-16,19-20,22,29H,17-18,21H2,1-5H3,(H,34,37)(H,35,38)(H,36,39). The molecular formula is C33H39N3O7.